The van der Waals surface area contributed by atoms with Gasteiger partial charge in [0.05, 0.1) is 7.11 Å². The molecular weight excluding hydrogens is 330 g/mol. The third kappa shape index (κ3) is 3.47. The van der Waals surface area contributed by atoms with Crippen molar-refractivity contribution < 1.29 is 13.9 Å². The first-order chi connectivity index (χ1) is 12.6. The van der Waals surface area contributed by atoms with Crippen molar-refractivity contribution in [2.75, 3.05) is 13.7 Å². The van der Waals surface area contributed by atoms with Crippen molar-refractivity contribution in [1.82, 2.24) is 9.88 Å². The summed E-state index contributed by atoms with van der Waals surface area (Å²) in [6, 6.07) is 13.4. The van der Waals surface area contributed by atoms with Gasteiger partial charge in [-0.3, -0.25) is 9.36 Å². The van der Waals surface area contributed by atoms with Gasteiger partial charge in [0.25, 0.3) is 5.91 Å². The zero-order chi connectivity index (χ0) is 18.5. The van der Waals surface area contributed by atoms with E-state index in [0.717, 1.165) is 11.3 Å². The maximum atomic E-state index is 12.6. The maximum Gasteiger partial charge on any atom is 0.256 e. The van der Waals surface area contributed by atoms with Crippen molar-refractivity contribution in [2.24, 2.45) is 0 Å². The normalized spacial score (nSPS) is 10.3. The summed E-state index contributed by atoms with van der Waals surface area (Å²) in [6.07, 6.45) is 4.19. The molecule has 0 atom stereocenters. The molecule has 1 amide bonds. The van der Waals surface area contributed by atoms with E-state index in [4.69, 9.17) is 9.15 Å². The molecule has 0 unspecified atom stereocenters. The Morgan fingerprint density at radius 3 is 2.77 bits per heavy atom. The molecule has 0 saturated carbocycles. The van der Waals surface area contributed by atoms with E-state index in [9.17, 15) is 10.1 Å². The maximum absolute atomic E-state index is 12.6. The van der Waals surface area contributed by atoms with Crippen molar-refractivity contribution in [2.45, 2.75) is 13.3 Å². The summed E-state index contributed by atoms with van der Waals surface area (Å²) in [5, 5.41) is 12.4. The van der Waals surface area contributed by atoms with Gasteiger partial charge in [-0.05, 0) is 43.2 Å². The summed E-state index contributed by atoms with van der Waals surface area (Å²) < 4.78 is 12.5. The van der Waals surface area contributed by atoms with E-state index in [-0.39, 0.29) is 17.0 Å². The average Bonchev–Trinajstić information content (AvgIpc) is 3.29. The zero-order valence-electron chi connectivity index (χ0n) is 14.7. The summed E-state index contributed by atoms with van der Waals surface area (Å²) in [6.45, 7) is 2.13. The van der Waals surface area contributed by atoms with Gasteiger partial charge in [0.1, 0.15) is 28.7 Å². The van der Waals surface area contributed by atoms with Crippen molar-refractivity contribution in [3.8, 4) is 17.7 Å². The van der Waals surface area contributed by atoms with Crippen LogP contribution in [0.4, 0.5) is 0 Å². The second-order valence-corrected chi connectivity index (χ2v) is 5.77. The van der Waals surface area contributed by atoms with E-state index < -0.39 is 0 Å². The van der Waals surface area contributed by atoms with Gasteiger partial charge in [-0.2, -0.15) is 5.26 Å². The molecule has 1 aromatic carbocycles. The minimum absolute atomic E-state index is 0.234. The summed E-state index contributed by atoms with van der Waals surface area (Å²) in [5.41, 5.74) is 1.57. The van der Waals surface area contributed by atoms with Crippen LogP contribution in [0.1, 0.15) is 27.2 Å². The van der Waals surface area contributed by atoms with Gasteiger partial charge in [-0.25, -0.2) is 0 Å². The number of nitriles is 1. The van der Waals surface area contributed by atoms with Crippen LogP contribution in [0.5, 0.6) is 5.75 Å². The quantitative estimate of drug-likeness (QED) is 0.741. The lowest BCUT2D eigenvalue weighted by molar-refractivity contribution is 0.0952. The van der Waals surface area contributed by atoms with Gasteiger partial charge >= 0.3 is 0 Å². The lowest BCUT2D eigenvalue weighted by Crippen LogP contribution is -2.26. The van der Waals surface area contributed by atoms with Crippen molar-refractivity contribution in [3.63, 3.8) is 0 Å². The number of amides is 1. The lowest BCUT2D eigenvalue weighted by atomic mass is 10.1. The topological polar surface area (TPSA) is 80.2 Å². The third-order valence-electron chi connectivity index (χ3n) is 4.08. The van der Waals surface area contributed by atoms with Gasteiger partial charge in [0, 0.05) is 18.9 Å². The molecule has 6 heteroatoms. The number of carbonyl (C=O) groups is 1. The van der Waals surface area contributed by atoms with Crippen LogP contribution in [0.15, 0.2) is 53.2 Å². The Bertz CT molecular complexity index is 949. The largest absolute Gasteiger partial charge is 0.497 e. The smallest absolute Gasteiger partial charge is 0.256 e. The summed E-state index contributed by atoms with van der Waals surface area (Å²) in [7, 11) is 1.62. The molecule has 0 aliphatic heterocycles. The Balaban J connectivity index is 1.73. The monoisotopic (exact) mass is 349 g/mol. The number of furan rings is 1. The predicted octanol–water partition coefficient (Wildman–Crippen LogP) is 3.23. The highest BCUT2D eigenvalue weighted by molar-refractivity contribution is 5.98. The Morgan fingerprint density at radius 2 is 2.08 bits per heavy atom. The number of hydrogen-bond donors (Lipinski definition) is 1. The van der Waals surface area contributed by atoms with Crippen LogP contribution in [-0.2, 0) is 6.42 Å². The second kappa shape index (κ2) is 7.62. The number of nitrogens with zero attached hydrogens (tertiary/aromatic N) is 2. The Labute approximate surface area is 151 Å². The standard InChI is InChI=1S/C20H19N3O3/c1-14-18(17(13-21)20(26-14)23-10-3-4-11-23)19(24)22-9-8-15-6-5-7-16(12-15)25-2/h3-7,10-12H,8-9H2,1-2H3,(H,22,24). The first-order valence-electron chi connectivity index (χ1n) is 8.22. The number of nitrogens with one attached hydrogen (secondary N) is 1. The Hall–Kier alpha value is -3.46. The van der Waals surface area contributed by atoms with Crippen LogP contribution in [-0.4, -0.2) is 24.1 Å². The van der Waals surface area contributed by atoms with Crippen molar-refractivity contribution in [1.29, 1.82) is 5.26 Å². The highest BCUT2D eigenvalue weighted by atomic mass is 16.5. The molecule has 3 rings (SSSR count). The number of methoxy groups -OCH3 is 1. The molecule has 0 spiro atoms. The summed E-state index contributed by atoms with van der Waals surface area (Å²) in [4.78, 5) is 12.6. The minimum Gasteiger partial charge on any atom is -0.497 e. The van der Waals surface area contributed by atoms with Gasteiger partial charge in [-0.15, -0.1) is 0 Å². The predicted molar refractivity (Wildman–Crippen MR) is 96.5 cm³/mol. The lowest BCUT2D eigenvalue weighted by Gasteiger charge is -2.06. The van der Waals surface area contributed by atoms with E-state index in [1.165, 1.54) is 0 Å². The fourth-order valence-corrected chi connectivity index (χ4v) is 2.80. The molecular formula is C20H19N3O3. The van der Waals surface area contributed by atoms with Crippen LogP contribution in [0.3, 0.4) is 0 Å². The highest BCUT2D eigenvalue weighted by Gasteiger charge is 2.24. The molecule has 1 N–H and O–H groups in total. The van der Waals surface area contributed by atoms with Gasteiger partial charge in [0.2, 0.25) is 5.88 Å². The number of hydrogen-bond acceptors (Lipinski definition) is 4. The Morgan fingerprint density at radius 1 is 1.31 bits per heavy atom. The van der Waals surface area contributed by atoms with Gasteiger partial charge in [0.15, 0.2) is 0 Å². The van der Waals surface area contributed by atoms with Crippen molar-refractivity contribution >= 4 is 5.91 Å². The molecule has 2 heterocycles. The van der Waals surface area contributed by atoms with Crippen LogP contribution in [0.25, 0.3) is 5.88 Å². The molecule has 2 aromatic heterocycles. The van der Waals surface area contributed by atoms with E-state index in [0.29, 0.717) is 24.6 Å². The average molecular weight is 349 g/mol. The molecule has 0 aliphatic carbocycles. The van der Waals surface area contributed by atoms with Crippen LogP contribution in [0.2, 0.25) is 0 Å². The molecule has 26 heavy (non-hydrogen) atoms. The zero-order valence-corrected chi connectivity index (χ0v) is 14.7. The molecule has 0 saturated heterocycles. The number of carbonyl (C=O) groups excluding carboxylic acids is 1. The molecule has 132 valence electrons. The number of rotatable bonds is 6. The molecule has 0 radical (unpaired) electrons. The van der Waals surface area contributed by atoms with Gasteiger partial charge < -0.3 is 14.5 Å². The number of aromatic nitrogens is 1. The first kappa shape index (κ1) is 17.4. The molecule has 6 nitrogen and oxygen atoms in total. The minimum atomic E-state index is -0.316. The molecule has 0 fully saturated rings. The highest BCUT2D eigenvalue weighted by Crippen LogP contribution is 2.25. The SMILES string of the molecule is COc1cccc(CCNC(=O)c2c(C)oc(-n3cccc3)c2C#N)c1. The number of ether oxygens (including phenoxy) is 1. The van der Waals surface area contributed by atoms with Crippen LogP contribution >= 0.6 is 0 Å². The fourth-order valence-electron chi connectivity index (χ4n) is 2.80. The Kier molecular flexibility index (Phi) is 5.09. The fraction of sp³-hybridized carbons (Fsp3) is 0.200. The molecule has 0 aliphatic rings. The third-order valence-corrected chi connectivity index (χ3v) is 4.08. The van der Waals surface area contributed by atoms with E-state index in [1.54, 1.807) is 31.0 Å². The molecule has 3 aromatic rings. The van der Waals surface area contributed by atoms with Crippen molar-refractivity contribution in [3.05, 3.63) is 71.2 Å². The van der Waals surface area contributed by atoms with Crippen LogP contribution in [0, 0.1) is 18.3 Å². The second-order valence-electron chi connectivity index (χ2n) is 5.77. The number of benzene rings is 1. The van der Waals surface area contributed by atoms with E-state index in [1.807, 2.05) is 36.4 Å². The summed E-state index contributed by atoms with van der Waals surface area (Å²) in [5.74, 6) is 1.24. The van der Waals surface area contributed by atoms with Gasteiger partial charge in [-0.1, -0.05) is 12.1 Å². The van der Waals surface area contributed by atoms with E-state index in [2.05, 4.69) is 11.4 Å². The summed E-state index contributed by atoms with van der Waals surface area (Å²) >= 11 is 0. The van der Waals surface area contributed by atoms with Crippen LogP contribution < -0.4 is 10.1 Å². The number of aryl methyl sites for hydroxylation is 1. The molecule has 0 bridgehead atoms. The first-order valence-corrected chi connectivity index (χ1v) is 8.22. The van der Waals surface area contributed by atoms with E-state index >= 15 is 0 Å².